The number of hydrogen-bond acceptors (Lipinski definition) is 2. The second-order valence-corrected chi connectivity index (χ2v) is 6.30. The van der Waals surface area contributed by atoms with Crippen molar-refractivity contribution in [3.63, 3.8) is 0 Å². The zero-order valence-corrected chi connectivity index (χ0v) is 12.2. The Bertz CT molecular complexity index is 462. The molecule has 1 N–H and O–H groups in total. The first-order valence-electron chi connectivity index (χ1n) is 5.72. The molecule has 90 valence electrons. The maximum atomic E-state index is 11.9. The maximum absolute atomic E-state index is 11.9. The van der Waals surface area contributed by atoms with E-state index >= 15 is 0 Å². The predicted octanol–water partition coefficient (Wildman–Crippen LogP) is 4.13. The van der Waals surface area contributed by atoms with Crippen molar-refractivity contribution in [3.05, 3.63) is 39.6 Å². The SMILES string of the molecule is CC1(C)CC(=O)C(I)=C(Nc2ccccc2)C1. The average molecular weight is 341 g/mol. The van der Waals surface area contributed by atoms with Gasteiger partial charge >= 0.3 is 0 Å². The average Bonchev–Trinajstić information content (AvgIpc) is 2.26. The van der Waals surface area contributed by atoms with E-state index in [4.69, 9.17) is 0 Å². The van der Waals surface area contributed by atoms with Gasteiger partial charge in [-0.05, 0) is 46.6 Å². The highest BCUT2D eigenvalue weighted by Crippen LogP contribution is 2.39. The fourth-order valence-corrected chi connectivity index (χ4v) is 2.61. The summed E-state index contributed by atoms with van der Waals surface area (Å²) in [6.07, 6.45) is 1.57. The number of nitrogens with one attached hydrogen (secondary N) is 1. The molecular weight excluding hydrogens is 325 g/mol. The van der Waals surface area contributed by atoms with Gasteiger partial charge in [0.15, 0.2) is 5.78 Å². The number of carbonyl (C=O) groups excluding carboxylic acids is 1. The molecule has 2 nitrogen and oxygen atoms in total. The van der Waals surface area contributed by atoms with Crippen LogP contribution in [0.25, 0.3) is 0 Å². The quantitative estimate of drug-likeness (QED) is 0.820. The maximum Gasteiger partial charge on any atom is 0.171 e. The van der Waals surface area contributed by atoms with Crippen LogP contribution in [0.1, 0.15) is 26.7 Å². The molecule has 17 heavy (non-hydrogen) atoms. The van der Waals surface area contributed by atoms with Crippen LogP contribution in [0.5, 0.6) is 0 Å². The monoisotopic (exact) mass is 341 g/mol. The van der Waals surface area contributed by atoms with Crippen molar-refractivity contribution >= 4 is 34.1 Å². The Morgan fingerprint density at radius 3 is 2.47 bits per heavy atom. The molecule has 1 aliphatic carbocycles. The van der Waals surface area contributed by atoms with Gasteiger partial charge in [0.1, 0.15) is 0 Å². The lowest BCUT2D eigenvalue weighted by Gasteiger charge is -2.31. The number of ketones is 1. The highest BCUT2D eigenvalue weighted by atomic mass is 127. The van der Waals surface area contributed by atoms with Gasteiger partial charge < -0.3 is 5.32 Å². The van der Waals surface area contributed by atoms with Crippen molar-refractivity contribution < 1.29 is 4.79 Å². The molecule has 0 saturated carbocycles. The number of anilines is 1. The molecule has 0 radical (unpaired) electrons. The Morgan fingerprint density at radius 2 is 1.82 bits per heavy atom. The Balaban J connectivity index is 2.25. The van der Waals surface area contributed by atoms with Gasteiger partial charge in [-0.15, -0.1) is 0 Å². The zero-order valence-electron chi connectivity index (χ0n) is 10.1. The van der Waals surface area contributed by atoms with E-state index in [1.165, 1.54) is 0 Å². The van der Waals surface area contributed by atoms with Gasteiger partial charge in [-0.2, -0.15) is 0 Å². The largest absolute Gasteiger partial charge is 0.358 e. The summed E-state index contributed by atoms with van der Waals surface area (Å²) in [7, 11) is 0. The van der Waals surface area contributed by atoms with Crippen molar-refractivity contribution in [1.29, 1.82) is 0 Å². The molecule has 1 aliphatic rings. The third-order valence-corrected chi connectivity index (χ3v) is 4.13. The molecule has 1 aromatic carbocycles. The third-order valence-electron chi connectivity index (χ3n) is 2.87. The summed E-state index contributed by atoms with van der Waals surface area (Å²) in [6, 6.07) is 10.0. The van der Waals surface area contributed by atoms with Crippen LogP contribution in [0.4, 0.5) is 5.69 Å². The number of rotatable bonds is 2. The minimum atomic E-state index is 0.0584. The molecule has 0 saturated heterocycles. The molecule has 0 heterocycles. The molecule has 3 heteroatoms. The van der Waals surface area contributed by atoms with Crippen molar-refractivity contribution in [2.75, 3.05) is 5.32 Å². The van der Waals surface area contributed by atoms with Crippen LogP contribution >= 0.6 is 22.6 Å². The van der Waals surface area contributed by atoms with Gasteiger partial charge in [0.25, 0.3) is 0 Å². The number of para-hydroxylation sites is 1. The molecule has 0 fully saturated rings. The van der Waals surface area contributed by atoms with Crippen LogP contribution in [0.15, 0.2) is 39.6 Å². The molecule has 2 rings (SSSR count). The zero-order chi connectivity index (χ0) is 12.5. The minimum Gasteiger partial charge on any atom is -0.358 e. The van der Waals surface area contributed by atoms with E-state index in [-0.39, 0.29) is 11.2 Å². The van der Waals surface area contributed by atoms with Gasteiger partial charge in [-0.3, -0.25) is 4.79 Å². The number of Topliss-reactive ketones (excluding diaryl/α,β-unsaturated/α-hetero) is 1. The standard InChI is InChI=1S/C14H16INO/c1-14(2)8-11(13(15)12(17)9-14)16-10-6-4-3-5-7-10/h3-7,16H,8-9H2,1-2H3. The fraction of sp³-hybridized carbons (Fsp3) is 0.357. The molecule has 0 amide bonds. The van der Waals surface area contributed by atoms with Gasteiger partial charge in [0.05, 0.1) is 3.58 Å². The van der Waals surface area contributed by atoms with Crippen molar-refractivity contribution in [2.24, 2.45) is 5.41 Å². The highest BCUT2D eigenvalue weighted by Gasteiger charge is 2.31. The van der Waals surface area contributed by atoms with Crippen LogP contribution in [0.2, 0.25) is 0 Å². The smallest absolute Gasteiger partial charge is 0.171 e. The third kappa shape index (κ3) is 3.09. The summed E-state index contributed by atoms with van der Waals surface area (Å²) < 4.78 is 0.853. The number of hydrogen-bond donors (Lipinski definition) is 1. The Morgan fingerprint density at radius 1 is 1.18 bits per heavy atom. The normalized spacial score (nSPS) is 19.4. The number of allylic oxidation sites excluding steroid dienone is 2. The van der Waals surface area contributed by atoms with E-state index in [0.29, 0.717) is 6.42 Å². The second-order valence-electron chi connectivity index (χ2n) is 5.22. The van der Waals surface area contributed by atoms with Gasteiger partial charge in [0.2, 0.25) is 0 Å². The molecule has 1 aromatic rings. The lowest BCUT2D eigenvalue weighted by Crippen LogP contribution is -2.26. The van der Waals surface area contributed by atoms with Crippen LogP contribution < -0.4 is 5.32 Å². The van der Waals surface area contributed by atoms with Crippen LogP contribution in [0.3, 0.4) is 0 Å². The molecule has 0 atom stereocenters. The second kappa shape index (κ2) is 4.80. The summed E-state index contributed by atoms with van der Waals surface area (Å²) in [6.45, 7) is 4.28. The molecular formula is C14H16INO. The van der Waals surface area contributed by atoms with Crippen LogP contribution in [0, 0.1) is 5.41 Å². The summed E-state index contributed by atoms with van der Waals surface area (Å²) in [5.41, 5.74) is 2.16. The predicted molar refractivity (Wildman–Crippen MR) is 79.1 cm³/mol. The lowest BCUT2D eigenvalue weighted by molar-refractivity contribution is -0.117. The highest BCUT2D eigenvalue weighted by molar-refractivity contribution is 14.1. The molecule has 0 bridgehead atoms. The number of halogens is 1. The van der Waals surface area contributed by atoms with E-state index < -0.39 is 0 Å². The summed E-state index contributed by atoms with van der Waals surface area (Å²) in [5, 5.41) is 3.37. The van der Waals surface area contributed by atoms with Crippen molar-refractivity contribution in [2.45, 2.75) is 26.7 Å². The van der Waals surface area contributed by atoms with Crippen LogP contribution in [-0.4, -0.2) is 5.78 Å². The summed E-state index contributed by atoms with van der Waals surface area (Å²) in [4.78, 5) is 11.9. The molecule has 0 aromatic heterocycles. The fourth-order valence-electron chi connectivity index (χ4n) is 2.09. The van der Waals surface area contributed by atoms with E-state index in [0.717, 1.165) is 21.4 Å². The number of carbonyl (C=O) groups is 1. The van der Waals surface area contributed by atoms with E-state index in [9.17, 15) is 4.79 Å². The minimum absolute atomic E-state index is 0.0584. The molecule has 0 aliphatic heterocycles. The summed E-state index contributed by atoms with van der Waals surface area (Å²) >= 11 is 2.16. The van der Waals surface area contributed by atoms with Crippen molar-refractivity contribution in [3.8, 4) is 0 Å². The summed E-state index contributed by atoms with van der Waals surface area (Å²) in [5.74, 6) is 0.250. The van der Waals surface area contributed by atoms with E-state index in [1.807, 2.05) is 30.3 Å². The van der Waals surface area contributed by atoms with E-state index in [1.54, 1.807) is 0 Å². The number of benzene rings is 1. The first kappa shape index (κ1) is 12.6. The molecule has 0 unspecified atom stereocenters. The first-order valence-corrected chi connectivity index (χ1v) is 6.80. The van der Waals surface area contributed by atoms with Crippen LogP contribution in [-0.2, 0) is 4.79 Å². The topological polar surface area (TPSA) is 29.1 Å². The van der Waals surface area contributed by atoms with Gasteiger partial charge in [0, 0.05) is 17.8 Å². The van der Waals surface area contributed by atoms with Crippen molar-refractivity contribution in [1.82, 2.24) is 0 Å². The lowest BCUT2D eigenvalue weighted by atomic mass is 9.79. The Kier molecular flexibility index (Phi) is 3.56. The van der Waals surface area contributed by atoms with E-state index in [2.05, 4.69) is 41.8 Å². The first-order chi connectivity index (χ1) is 7.98. The van der Waals surface area contributed by atoms with Gasteiger partial charge in [-0.25, -0.2) is 0 Å². The Hall–Kier alpha value is -0.840. The van der Waals surface area contributed by atoms with Gasteiger partial charge in [-0.1, -0.05) is 32.0 Å². The Labute approximate surface area is 116 Å². The molecule has 0 spiro atoms.